The van der Waals surface area contributed by atoms with Crippen molar-refractivity contribution in [2.45, 2.75) is 11.4 Å². The molecule has 0 fully saturated rings. The zero-order valence-electron chi connectivity index (χ0n) is 16.6. The zero-order valence-corrected chi connectivity index (χ0v) is 19.0. The van der Waals surface area contributed by atoms with E-state index in [0.717, 1.165) is 15.7 Å². The Morgan fingerprint density at radius 1 is 0.967 bits per heavy atom. The lowest BCUT2D eigenvalue weighted by molar-refractivity contribution is 0.0950. The summed E-state index contributed by atoms with van der Waals surface area (Å²) in [6, 6.07) is 20.6. The number of nitrogens with one attached hydrogen (secondary N) is 2. The fourth-order valence-corrected chi connectivity index (χ4v) is 4.10. The van der Waals surface area contributed by atoms with Crippen LogP contribution in [0.1, 0.15) is 15.9 Å². The van der Waals surface area contributed by atoms with Gasteiger partial charge in [-0.2, -0.15) is 0 Å². The van der Waals surface area contributed by atoms with Gasteiger partial charge >= 0.3 is 0 Å². The Labute approximate surface area is 185 Å². The molecule has 0 atom stereocenters. The molecule has 6 nitrogen and oxygen atoms in total. The Morgan fingerprint density at radius 2 is 1.63 bits per heavy atom. The molecule has 0 saturated heterocycles. The van der Waals surface area contributed by atoms with Gasteiger partial charge in [-0.25, -0.2) is 8.42 Å². The van der Waals surface area contributed by atoms with Gasteiger partial charge in [0.1, 0.15) is 0 Å². The van der Waals surface area contributed by atoms with E-state index in [0.29, 0.717) is 12.2 Å². The quantitative estimate of drug-likeness (QED) is 0.522. The normalized spacial score (nSPS) is 11.0. The smallest absolute Gasteiger partial charge is 0.261 e. The third kappa shape index (κ3) is 5.61. The highest BCUT2D eigenvalue weighted by Crippen LogP contribution is 2.19. The number of carbonyl (C=O) groups excluding carboxylic acids is 1. The lowest BCUT2D eigenvalue weighted by atomic mass is 10.1. The van der Waals surface area contributed by atoms with Crippen molar-refractivity contribution in [3.05, 3.63) is 88.4 Å². The Bertz CT molecular complexity index is 1130. The van der Waals surface area contributed by atoms with Crippen molar-refractivity contribution in [3.63, 3.8) is 0 Å². The van der Waals surface area contributed by atoms with Gasteiger partial charge in [-0.05, 0) is 60.2 Å². The van der Waals surface area contributed by atoms with Crippen LogP contribution in [0.3, 0.4) is 0 Å². The van der Waals surface area contributed by atoms with Gasteiger partial charge in [0.2, 0.25) is 0 Å². The summed E-state index contributed by atoms with van der Waals surface area (Å²) in [5.74, 6) is -0.340. The molecule has 0 bridgehead atoms. The molecule has 0 unspecified atom stereocenters. The van der Waals surface area contributed by atoms with Gasteiger partial charge in [0.15, 0.2) is 0 Å². The first kappa shape index (κ1) is 21.9. The standard InChI is InChI=1S/C22H22BrN3O3S/c1-26(2)20-12-6-16(7-13-20)15-24-22(27)17-4-3-5-21(14-17)30(28,29)25-19-10-8-18(23)9-11-19/h3-14,25H,15H2,1-2H3,(H,24,27). The third-order valence-corrected chi connectivity index (χ3v) is 6.32. The molecule has 0 aliphatic heterocycles. The average Bonchev–Trinajstić information content (AvgIpc) is 2.74. The Kier molecular flexibility index (Phi) is 6.79. The maximum absolute atomic E-state index is 12.7. The number of benzene rings is 3. The highest BCUT2D eigenvalue weighted by atomic mass is 79.9. The molecule has 8 heteroatoms. The summed E-state index contributed by atoms with van der Waals surface area (Å²) in [5, 5.41) is 2.83. The van der Waals surface area contributed by atoms with Crippen molar-refractivity contribution >= 4 is 43.2 Å². The predicted molar refractivity (Wildman–Crippen MR) is 123 cm³/mol. The molecule has 156 valence electrons. The Hall–Kier alpha value is -2.84. The number of nitrogens with zero attached hydrogens (tertiary/aromatic N) is 1. The minimum absolute atomic E-state index is 0.0217. The van der Waals surface area contributed by atoms with Gasteiger partial charge in [0.05, 0.1) is 4.90 Å². The third-order valence-electron chi connectivity index (χ3n) is 4.41. The van der Waals surface area contributed by atoms with Crippen LogP contribution in [0.15, 0.2) is 82.2 Å². The number of hydrogen-bond acceptors (Lipinski definition) is 4. The van der Waals surface area contributed by atoms with Crippen LogP contribution in [-0.2, 0) is 16.6 Å². The van der Waals surface area contributed by atoms with Gasteiger partial charge in [0, 0.05) is 42.1 Å². The van der Waals surface area contributed by atoms with E-state index in [1.807, 2.05) is 43.3 Å². The van der Waals surface area contributed by atoms with Crippen LogP contribution in [-0.4, -0.2) is 28.4 Å². The maximum Gasteiger partial charge on any atom is 0.261 e. The first-order chi connectivity index (χ1) is 14.2. The molecule has 0 aliphatic rings. The molecule has 0 spiro atoms. The molecular weight excluding hydrogens is 466 g/mol. The van der Waals surface area contributed by atoms with Crippen LogP contribution >= 0.6 is 15.9 Å². The lowest BCUT2D eigenvalue weighted by Crippen LogP contribution is -2.23. The molecule has 3 aromatic carbocycles. The number of amides is 1. The minimum Gasteiger partial charge on any atom is -0.378 e. The van der Waals surface area contributed by atoms with Crippen LogP contribution in [0.4, 0.5) is 11.4 Å². The Balaban J connectivity index is 1.69. The zero-order chi connectivity index (χ0) is 21.7. The molecule has 0 aliphatic carbocycles. The molecule has 1 amide bonds. The summed E-state index contributed by atoms with van der Waals surface area (Å²) in [7, 11) is 0.111. The minimum atomic E-state index is -3.81. The van der Waals surface area contributed by atoms with Gasteiger partial charge < -0.3 is 10.2 Å². The molecule has 3 aromatic rings. The van der Waals surface area contributed by atoms with Crippen LogP contribution in [0.2, 0.25) is 0 Å². The van der Waals surface area contributed by atoms with Gasteiger partial charge in [-0.1, -0.05) is 34.1 Å². The number of rotatable bonds is 7. The van der Waals surface area contributed by atoms with E-state index in [1.165, 1.54) is 12.1 Å². The SMILES string of the molecule is CN(C)c1ccc(CNC(=O)c2cccc(S(=O)(=O)Nc3ccc(Br)cc3)c2)cc1. The predicted octanol–water partition coefficient (Wildman–Crippen LogP) is 4.25. The number of sulfonamides is 1. The number of anilines is 2. The van der Waals surface area contributed by atoms with E-state index in [-0.39, 0.29) is 16.4 Å². The van der Waals surface area contributed by atoms with Crippen molar-refractivity contribution in [2.75, 3.05) is 23.7 Å². The summed E-state index contributed by atoms with van der Waals surface area (Å²) in [6.45, 7) is 0.348. The summed E-state index contributed by atoms with van der Waals surface area (Å²) in [6.07, 6.45) is 0. The van der Waals surface area contributed by atoms with Crippen LogP contribution in [0.25, 0.3) is 0 Å². The van der Waals surface area contributed by atoms with E-state index in [9.17, 15) is 13.2 Å². The number of hydrogen-bond donors (Lipinski definition) is 2. The highest BCUT2D eigenvalue weighted by molar-refractivity contribution is 9.10. The van der Waals surface area contributed by atoms with E-state index in [4.69, 9.17) is 0 Å². The number of carbonyl (C=O) groups is 1. The van der Waals surface area contributed by atoms with E-state index in [2.05, 4.69) is 26.0 Å². The van der Waals surface area contributed by atoms with Crippen molar-refractivity contribution in [3.8, 4) is 0 Å². The fourth-order valence-electron chi connectivity index (χ4n) is 2.73. The molecule has 0 heterocycles. The summed E-state index contributed by atoms with van der Waals surface area (Å²) in [4.78, 5) is 14.5. The van der Waals surface area contributed by atoms with Crippen molar-refractivity contribution in [1.82, 2.24) is 5.32 Å². The fraction of sp³-hybridized carbons (Fsp3) is 0.136. The molecule has 0 saturated carbocycles. The van der Waals surface area contributed by atoms with Gasteiger partial charge in [-0.15, -0.1) is 0 Å². The molecule has 2 N–H and O–H groups in total. The molecule has 3 rings (SSSR count). The first-order valence-corrected chi connectivity index (χ1v) is 11.5. The second-order valence-corrected chi connectivity index (χ2v) is 9.48. The second-order valence-electron chi connectivity index (χ2n) is 6.88. The lowest BCUT2D eigenvalue weighted by Gasteiger charge is -2.13. The van der Waals surface area contributed by atoms with Crippen molar-refractivity contribution in [2.24, 2.45) is 0 Å². The van der Waals surface area contributed by atoms with E-state index < -0.39 is 10.0 Å². The second kappa shape index (κ2) is 9.32. The Morgan fingerprint density at radius 3 is 2.27 bits per heavy atom. The van der Waals surface area contributed by atoms with Crippen molar-refractivity contribution in [1.29, 1.82) is 0 Å². The molecular formula is C22H22BrN3O3S. The number of halogens is 1. The largest absolute Gasteiger partial charge is 0.378 e. The van der Waals surface area contributed by atoms with Crippen LogP contribution in [0, 0.1) is 0 Å². The summed E-state index contributed by atoms with van der Waals surface area (Å²) in [5.41, 5.74) is 2.74. The average molecular weight is 488 g/mol. The summed E-state index contributed by atoms with van der Waals surface area (Å²) >= 11 is 3.31. The summed E-state index contributed by atoms with van der Waals surface area (Å²) < 4.78 is 28.7. The highest BCUT2D eigenvalue weighted by Gasteiger charge is 2.16. The van der Waals surface area contributed by atoms with Crippen LogP contribution < -0.4 is 14.9 Å². The molecule has 0 radical (unpaired) electrons. The van der Waals surface area contributed by atoms with Gasteiger partial charge in [0.25, 0.3) is 15.9 Å². The van der Waals surface area contributed by atoms with E-state index in [1.54, 1.807) is 36.4 Å². The topological polar surface area (TPSA) is 78.5 Å². The van der Waals surface area contributed by atoms with Crippen molar-refractivity contribution < 1.29 is 13.2 Å². The van der Waals surface area contributed by atoms with E-state index >= 15 is 0 Å². The maximum atomic E-state index is 12.7. The van der Waals surface area contributed by atoms with Crippen LogP contribution in [0.5, 0.6) is 0 Å². The molecule has 0 aromatic heterocycles. The first-order valence-electron chi connectivity index (χ1n) is 9.17. The monoisotopic (exact) mass is 487 g/mol. The van der Waals surface area contributed by atoms with Gasteiger partial charge in [-0.3, -0.25) is 9.52 Å². The molecule has 30 heavy (non-hydrogen) atoms.